The number of nitrogens with zero attached hydrogens (tertiary/aromatic N) is 1. The fourth-order valence-corrected chi connectivity index (χ4v) is 3.77. The summed E-state index contributed by atoms with van der Waals surface area (Å²) >= 11 is 3.45. The average molecular weight is 349 g/mol. The quantitative estimate of drug-likeness (QED) is 0.794. The van der Waals surface area contributed by atoms with Gasteiger partial charge in [0.2, 0.25) is 0 Å². The molecule has 1 aromatic heterocycles. The number of aromatic nitrogens is 1. The molecule has 2 N–H and O–H groups in total. The summed E-state index contributed by atoms with van der Waals surface area (Å²) in [5, 5.41) is 0.943. The van der Waals surface area contributed by atoms with Crippen molar-refractivity contribution in [1.29, 1.82) is 0 Å². The molecule has 0 amide bonds. The van der Waals surface area contributed by atoms with Crippen molar-refractivity contribution >= 4 is 32.5 Å². The van der Waals surface area contributed by atoms with Gasteiger partial charge in [-0.1, -0.05) is 13.8 Å². The van der Waals surface area contributed by atoms with Crippen molar-refractivity contribution in [3.63, 3.8) is 0 Å². The van der Waals surface area contributed by atoms with Gasteiger partial charge in [0.05, 0.1) is 6.10 Å². The smallest absolute Gasteiger partial charge is 0.146 e. The Hall–Kier alpha value is -1.29. The molecule has 0 radical (unpaired) electrons. The first kappa shape index (κ1) is 14.6. The van der Waals surface area contributed by atoms with Crippen LogP contribution in [0.1, 0.15) is 33.1 Å². The van der Waals surface area contributed by atoms with Gasteiger partial charge in [-0.15, -0.1) is 0 Å². The van der Waals surface area contributed by atoms with Gasteiger partial charge in [0.25, 0.3) is 0 Å². The second-order valence-corrected chi connectivity index (χ2v) is 7.28. The van der Waals surface area contributed by atoms with E-state index in [0.29, 0.717) is 0 Å². The molecule has 0 saturated heterocycles. The van der Waals surface area contributed by atoms with Crippen molar-refractivity contribution in [2.75, 3.05) is 5.73 Å². The molecule has 1 aliphatic carbocycles. The number of nitrogen functional groups attached to an aromatic ring is 1. The minimum absolute atomic E-state index is 0.279. The summed E-state index contributed by atoms with van der Waals surface area (Å²) in [5.74, 6) is 2.29. The summed E-state index contributed by atoms with van der Waals surface area (Å²) in [6.07, 6.45) is 5.61. The van der Waals surface area contributed by atoms with Crippen molar-refractivity contribution in [2.45, 2.75) is 39.2 Å². The summed E-state index contributed by atoms with van der Waals surface area (Å²) in [7, 11) is 0. The highest BCUT2D eigenvalue weighted by molar-refractivity contribution is 9.10. The fourth-order valence-electron chi connectivity index (χ4n) is 3.43. The van der Waals surface area contributed by atoms with Gasteiger partial charge in [-0.2, -0.15) is 0 Å². The zero-order chi connectivity index (χ0) is 15.0. The Morgan fingerprint density at radius 3 is 2.62 bits per heavy atom. The third kappa shape index (κ3) is 3.15. The molecule has 1 fully saturated rings. The van der Waals surface area contributed by atoms with Crippen LogP contribution in [0.2, 0.25) is 0 Å². The number of nitrogens with two attached hydrogens (primary N) is 1. The molecule has 0 aliphatic heterocycles. The van der Waals surface area contributed by atoms with E-state index in [1.54, 1.807) is 6.20 Å². The van der Waals surface area contributed by atoms with Gasteiger partial charge in [0.1, 0.15) is 11.3 Å². The topological polar surface area (TPSA) is 48.1 Å². The number of benzene rings is 1. The second-order valence-electron chi connectivity index (χ2n) is 6.36. The highest BCUT2D eigenvalue weighted by atomic mass is 79.9. The maximum atomic E-state index is 6.27. The van der Waals surface area contributed by atoms with Crippen molar-refractivity contribution < 1.29 is 4.74 Å². The number of halogens is 1. The van der Waals surface area contributed by atoms with Gasteiger partial charge in [-0.25, -0.2) is 0 Å². The van der Waals surface area contributed by atoms with Gasteiger partial charge in [-0.3, -0.25) is 4.98 Å². The van der Waals surface area contributed by atoms with Crippen LogP contribution in [-0.2, 0) is 0 Å². The van der Waals surface area contributed by atoms with E-state index in [0.717, 1.165) is 51.5 Å². The molecule has 3 nitrogen and oxygen atoms in total. The Balaban J connectivity index is 1.92. The number of anilines is 1. The lowest BCUT2D eigenvalue weighted by atomic mass is 9.82. The summed E-state index contributed by atoms with van der Waals surface area (Å²) in [6, 6.07) is 5.85. The number of rotatable bonds is 2. The zero-order valence-electron chi connectivity index (χ0n) is 12.5. The van der Waals surface area contributed by atoms with E-state index in [4.69, 9.17) is 10.5 Å². The molecule has 1 heterocycles. The number of ether oxygens (including phenoxy) is 1. The molecule has 3 rings (SSSR count). The monoisotopic (exact) mass is 348 g/mol. The van der Waals surface area contributed by atoms with Crippen LogP contribution in [0.25, 0.3) is 10.9 Å². The summed E-state index contributed by atoms with van der Waals surface area (Å²) in [6.45, 7) is 4.62. The normalized spacial score (nSPS) is 26.0. The highest BCUT2D eigenvalue weighted by Crippen LogP contribution is 2.35. The van der Waals surface area contributed by atoms with E-state index in [1.807, 2.05) is 18.2 Å². The van der Waals surface area contributed by atoms with E-state index >= 15 is 0 Å². The van der Waals surface area contributed by atoms with Gasteiger partial charge in [-0.05, 0) is 65.2 Å². The maximum absolute atomic E-state index is 6.27. The van der Waals surface area contributed by atoms with Crippen LogP contribution in [0.15, 0.2) is 28.9 Å². The zero-order valence-corrected chi connectivity index (χ0v) is 14.1. The summed E-state index contributed by atoms with van der Waals surface area (Å²) in [4.78, 5) is 4.49. The Morgan fingerprint density at radius 1 is 1.19 bits per heavy atom. The van der Waals surface area contributed by atoms with Crippen molar-refractivity contribution in [3.8, 4) is 5.75 Å². The van der Waals surface area contributed by atoms with Crippen LogP contribution < -0.4 is 10.5 Å². The highest BCUT2D eigenvalue weighted by Gasteiger charge is 2.25. The van der Waals surface area contributed by atoms with E-state index in [-0.39, 0.29) is 6.10 Å². The van der Waals surface area contributed by atoms with Crippen LogP contribution in [-0.4, -0.2) is 11.1 Å². The predicted octanol–water partition coefficient (Wildman–Crippen LogP) is 4.78. The Labute approximate surface area is 134 Å². The lowest BCUT2D eigenvalue weighted by Crippen LogP contribution is -2.28. The average Bonchev–Trinajstić information content (AvgIpc) is 2.41. The van der Waals surface area contributed by atoms with E-state index in [9.17, 15) is 0 Å². The lowest BCUT2D eigenvalue weighted by Gasteiger charge is -2.31. The first-order chi connectivity index (χ1) is 10.0. The molecule has 2 unspecified atom stereocenters. The van der Waals surface area contributed by atoms with Crippen LogP contribution in [0.3, 0.4) is 0 Å². The third-order valence-corrected chi connectivity index (χ3v) is 4.68. The minimum Gasteiger partial charge on any atom is -0.488 e. The Kier molecular flexibility index (Phi) is 4.07. The van der Waals surface area contributed by atoms with Crippen molar-refractivity contribution in [1.82, 2.24) is 4.98 Å². The molecule has 4 heteroatoms. The molecular formula is C17H21BrN2O. The van der Waals surface area contributed by atoms with Crippen molar-refractivity contribution in [3.05, 3.63) is 28.9 Å². The number of hydrogen-bond acceptors (Lipinski definition) is 3. The second kappa shape index (κ2) is 5.84. The van der Waals surface area contributed by atoms with Crippen LogP contribution >= 0.6 is 15.9 Å². The van der Waals surface area contributed by atoms with Gasteiger partial charge in [0, 0.05) is 21.7 Å². The number of fused-ring (bicyclic) bond motifs is 1. The molecular weight excluding hydrogens is 328 g/mol. The SMILES string of the molecule is CC1CC(C)CC(Oc2ccc(N)c3cc(Br)cnc23)C1. The lowest BCUT2D eigenvalue weighted by molar-refractivity contribution is 0.102. The van der Waals surface area contributed by atoms with Crippen LogP contribution in [0.4, 0.5) is 5.69 Å². The van der Waals surface area contributed by atoms with E-state index in [1.165, 1.54) is 6.42 Å². The van der Waals surface area contributed by atoms with Crippen LogP contribution in [0.5, 0.6) is 5.75 Å². The Bertz CT molecular complexity index is 649. The van der Waals surface area contributed by atoms with E-state index < -0.39 is 0 Å². The first-order valence-corrected chi connectivity index (χ1v) is 8.32. The Morgan fingerprint density at radius 2 is 1.90 bits per heavy atom. The molecule has 21 heavy (non-hydrogen) atoms. The molecule has 2 atom stereocenters. The predicted molar refractivity (Wildman–Crippen MR) is 90.5 cm³/mol. The van der Waals surface area contributed by atoms with Crippen molar-refractivity contribution in [2.24, 2.45) is 11.8 Å². The molecule has 2 aromatic rings. The maximum Gasteiger partial charge on any atom is 0.146 e. The molecule has 112 valence electrons. The van der Waals surface area contributed by atoms with Gasteiger partial charge >= 0.3 is 0 Å². The van der Waals surface area contributed by atoms with Gasteiger partial charge < -0.3 is 10.5 Å². The number of pyridine rings is 1. The van der Waals surface area contributed by atoms with E-state index in [2.05, 4.69) is 34.8 Å². The largest absolute Gasteiger partial charge is 0.488 e. The molecule has 1 aromatic carbocycles. The molecule has 0 spiro atoms. The van der Waals surface area contributed by atoms with Gasteiger partial charge in [0.15, 0.2) is 0 Å². The molecule has 0 bridgehead atoms. The number of hydrogen-bond donors (Lipinski definition) is 1. The third-order valence-electron chi connectivity index (χ3n) is 4.24. The summed E-state index contributed by atoms with van der Waals surface area (Å²) < 4.78 is 7.20. The standard InChI is InChI=1S/C17H21BrN2O/c1-10-5-11(2)7-13(6-10)21-16-4-3-15(19)14-8-12(18)9-20-17(14)16/h3-4,8-11,13H,5-7,19H2,1-2H3. The summed E-state index contributed by atoms with van der Waals surface area (Å²) in [5.41, 5.74) is 7.64. The molecule has 1 saturated carbocycles. The van der Waals surface area contributed by atoms with Crippen LogP contribution in [0, 0.1) is 11.8 Å². The minimum atomic E-state index is 0.279. The first-order valence-electron chi connectivity index (χ1n) is 7.53. The fraction of sp³-hybridized carbons (Fsp3) is 0.471. The molecule has 1 aliphatic rings.